The lowest BCUT2D eigenvalue weighted by Gasteiger charge is -2.19. The van der Waals surface area contributed by atoms with Gasteiger partial charge in [-0.25, -0.2) is 15.0 Å². The van der Waals surface area contributed by atoms with E-state index in [1.54, 1.807) is 0 Å². The Morgan fingerprint density at radius 1 is 0.434 bits per heavy atom. The summed E-state index contributed by atoms with van der Waals surface area (Å²) in [6.07, 6.45) is 6.61. The van der Waals surface area contributed by atoms with Crippen LogP contribution in [0.4, 0.5) is 0 Å². The van der Waals surface area contributed by atoms with Gasteiger partial charge in [0, 0.05) is 38.9 Å². The highest BCUT2D eigenvalue weighted by Crippen LogP contribution is 2.41. The van der Waals surface area contributed by atoms with Gasteiger partial charge in [0.15, 0.2) is 17.5 Å². The molecule has 0 N–H and O–H groups in total. The molecule has 9 aromatic rings. The quantitative estimate of drug-likeness (QED) is 0.176. The first kappa shape index (κ1) is 30.9. The van der Waals surface area contributed by atoms with E-state index < -0.39 is 0 Å². The van der Waals surface area contributed by atoms with Crippen LogP contribution in [0.3, 0.4) is 0 Å². The molecule has 0 unspecified atom stereocenters. The fraction of sp³-hybridized carbons (Fsp3) is 0.0408. The Hall–Kier alpha value is -6.91. The number of hydrogen-bond acceptors (Lipinski definition) is 3. The highest BCUT2D eigenvalue weighted by Gasteiger charge is 2.23. The second-order valence-electron chi connectivity index (χ2n) is 13.5. The molecule has 0 amide bonds. The number of nitrogens with zero attached hydrogens (tertiary/aromatic N) is 4. The summed E-state index contributed by atoms with van der Waals surface area (Å²) in [5.41, 5.74) is 12.3. The first-order valence-corrected chi connectivity index (χ1v) is 18.2. The minimum Gasteiger partial charge on any atom is -0.312 e. The molecule has 0 radical (unpaired) electrons. The lowest BCUT2D eigenvalue weighted by atomic mass is 9.96. The molecule has 4 nitrogen and oxygen atoms in total. The van der Waals surface area contributed by atoms with Gasteiger partial charge < -0.3 is 4.57 Å². The molecule has 0 fully saturated rings. The molecule has 1 aliphatic rings. The SMILES string of the molecule is C1=Cc2c(n(-c3ccccc3-c3ccccc3-c3nc(-c4ccccc4)nc(-c4cccc(-c5ccccc5)c4)n3)c3cc4ccccc4cc23)CC1. The molecule has 1 aliphatic carbocycles. The molecule has 4 heteroatoms. The Bertz CT molecular complexity index is 2830. The van der Waals surface area contributed by atoms with Gasteiger partial charge in [0.2, 0.25) is 0 Å². The highest BCUT2D eigenvalue weighted by atomic mass is 15.0. The van der Waals surface area contributed by atoms with Crippen molar-refractivity contribution in [1.82, 2.24) is 19.5 Å². The minimum atomic E-state index is 0.637. The number of hydrogen-bond donors (Lipinski definition) is 0. The summed E-state index contributed by atoms with van der Waals surface area (Å²) >= 11 is 0. The van der Waals surface area contributed by atoms with E-state index in [2.05, 4.69) is 162 Å². The predicted molar refractivity (Wildman–Crippen MR) is 219 cm³/mol. The normalized spacial score (nSPS) is 12.3. The van der Waals surface area contributed by atoms with Crippen LogP contribution in [-0.2, 0) is 6.42 Å². The average molecular weight is 679 g/mol. The molecular weight excluding hydrogens is 645 g/mol. The third-order valence-electron chi connectivity index (χ3n) is 10.3. The maximum atomic E-state index is 5.23. The van der Waals surface area contributed by atoms with Crippen molar-refractivity contribution >= 4 is 27.8 Å². The third-order valence-corrected chi connectivity index (χ3v) is 10.3. The van der Waals surface area contributed by atoms with E-state index in [0.29, 0.717) is 17.5 Å². The molecule has 10 rings (SSSR count). The van der Waals surface area contributed by atoms with Crippen LogP contribution in [0.1, 0.15) is 17.7 Å². The molecule has 2 aromatic heterocycles. The van der Waals surface area contributed by atoms with Crippen molar-refractivity contribution in [2.75, 3.05) is 0 Å². The summed E-state index contributed by atoms with van der Waals surface area (Å²) in [6.45, 7) is 0. The van der Waals surface area contributed by atoms with Crippen molar-refractivity contribution in [3.8, 4) is 62.1 Å². The topological polar surface area (TPSA) is 43.6 Å². The molecule has 0 saturated carbocycles. The van der Waals surface area contributed by atoms with Gasteiger partial charge in [-0.3, -0.25) is 0 Å². The number of aromatic nitrogens is 4. The van der Waals surface area contributed by atoms with Gasteiger partial charge in [-0.1, -0.05) is 158 Å². The summed E-state index contributed by atoms with van der Waals surface area (Å²) in [4.78, 5) is 15.5. The van der Waals surface area contributed by atoms with Crippen LogP contribution in [-0.4, -0.2) is 19.5 Å². The fourth-order valence-corrected chi connectivity index (χ4v) is 7.80. The van der Waals surface area contributed by atoms with Gasteiger partial charge in [-0.05, 0) is 64.6 Å². The number of allylic oxidation sites excluding steroid dienone is 1. The molecule has 0 aliphatic heterocycles. The lowest BCUT2D eigenvalue weighted by molar-refractivity contribution is 0.889. The summed E-state index contributed by atoms with van der Waals surface area (Å²) in [5, 5.41) is 3.78. The first-order valence-electron chi connectivity index (χ1n) is 18.2. The third kappa shape index (κ3) is 5.53. The van der Waals surface area contributed by atoms with E-state index in [9.17, 15) is 0 Å². The van der Waals surface area contributed by atoms with Gasteiger partial charge in [0.1, 0.15) is 0 Å². The van der Waals surface area contributed by atoms with Crippen LogP contribution >= 0.6 is 0 Å². The number of rotatable bonds is 6. The standard InChI is InChI=1S/C49H34N4/c1-3-16-33(17-4-1)35-22-15-23-38(30-35)48-50-47(34-18-5-2-6-19-34)51-49(52-48)42-27-10-9-24-39(42)40-25-11-13-28-44(40)53-45-29-14-12-26-41(45)43-31-36-20-7-8-21-37(36)32-46(43)53/h1-13,15-28,30-32H,14,29H2. The van der Waals surface area contributed by atoms with E-state index in [0.717, 1.165) is 57.5 Å². The Morgan fingerprint density at radius 2 is 1.02 bits per heavy atom. The van der Waals surface area contributed by atoms with Crippen molar-refractivity contribution in [3.05, 3.63) is 187 Å². The van der Waals surface area contributed by atoms with Gasteiger partial charge >= 0.3 is 0 Å². The smallest absolute Gasteiger partial charge is 0.164 e. The average Bonchev–Trinajstić information content (AvgIpc) is 3.56. The molecule has 53 heavy (non-hydrogen) atoms. The Labute approximate surface area is 308 Å². The van der Waals surface area contributed by atoms with E-state index in [-0.39, 0.29) is 0 Å². The second-order valence-corrected chi connectivity index (χ2v) is 13.5. The minimum absolute atomic E-state index is 0.637. The van der Waals surface area contributed by atoms with E-state index in [4.69, 9.17) is 15.0 Å². The summed E-state index contributed by atoms with van der Waals surface area (Å²) < 4.78 is 2.50. The molecule has 2 heterocycles. The van der Waals surface area contributed by atoms with Crippen molar-refractivity contribution in [2.45, 2.75) is 12.8 Å². The van der Waals surface area contributed by atoms with Crippen LogP contribution in [0.15, 0.2) is 176 Å². The van der Waals surface area contributed by atoms with Crippen LogP contribution in [0.25, 0.3) is 89.9 Å². The molecule has 250 valence electrons. The van der Waals surface area contributed by atoms with Crippen LogP contribution in [0.5, 0.6) is 0 Å². The Balaban J connectivity index is 1.18. The van der Waals surface area contributed by atoms with Crippen LogP contribution in [0.2, 0.25) is 0 Å². The summed E-state index contributed by atoms with van der Waals surface area (Å²) in [5.74, 6) is 1.92. The zero-order valence-electron chi connectivity index (χ0n) is 29.0. The number of fused-ring (bicyclic) bond motifs is 4. The second kappa shape index (κ2) is 13.0. The van der Waals surface area contributed by atoms with Crippen molar-refractivity contribution < 1.29 is 0 Å². The Morgan fingerprint density at radius 3 is 1.81 bits per heavy atom. The zero-order chi connectivity index (χ0) is 35.1. The maximum Gasteiger partial charge on any atom is 0.164 e. The first-order chi connectivity index (χ1) is 26.3. The molecule has 7 aromatic carbocycles. The van der Waals surface area contributed by atoms with Crippen molar-refractivity contribution in [3.63, 3.8) is 0 Å². The lowest BCUT2D eigenvalue weighted by Crippen LogP contribution is -2.05. The predicted octanol–water partition coefficient (Wildman–Crippen LogP) is 12.3. The van der Waals surface area contributed by atoms with Gasteiger partial charge in [0.05, 0.1) is 11.2 Å². The van der Waals surface area contributed by atoms with Crippen molar-refractivity contribution in [2.24, 2.45) is 0 Å². The summed E-state index contributed by atoms with van der Waals surface area (Å²) in [6, 6.07) is 59.7. The molecule has 0 saturated heterocycles. The Kier molecular flexibility index (Phi) is 7.58. The van der Waals surface area contributed by atoms with Crippen LogP contribution in [0, 0.1) is 0 Å². The molecule has 0 spiro atoms. The van der Waals surface area contributed by atoms with E-state index >= 15 is 0 Å². The molecule has 0 atom stereocenters. The number of para-hydroxylation sites is 1. The van der Waals surface area contributed by atoms with Crippen molar-refractivity contribution in [1.29, 1.82) is 0 Å². The van der Waals surface area contributed by atoms with Gasteiger partial charge in [-0.2, -0.15) is 0 Å². The monoisotopic (exact) mass is 678 g/mol. The van der Waals surface area contributed by atoms with Crippen LogP contribution < -0.4 is 0 Å². The highest BCUT2D eigenvalue weighted by molar-refractivity contribution is 6.03. The van der Waals surface area contributed by atoms with Gasteiger partial charge in [-0.15, -0.1) is 0 Å². The molecular formula is C49H34N4. The van der Waals surface area contributed by atoms with Gasteiger partial charge in [0.25, 0.3) is 0 Å². The largest absolute Gasteiger partial charge is 0.312 e. The van der Waals surface area contributed by atoms with E-state index in [1.165, 1.54) is 32.9 Å². The maximum absolute atomic E-state index is 5.23. The molecule has 0 bridgehead atoms. The number of benzene rings is 7. The fourth-order valence-electron chi connectivity index (χ4n) is 7.80. The zero-order valence-corrected chi connectivity index (χ0v) is 29.0. The summed E-state index contributed by atoms with van der Waals surface area (Å²) in [7, 11) is 0. The van der Waals surface area contributed by atoms with E-state index in [1.807, 2.05) is 24.3 Å².